The second kappa shape index (κ2) is 19.2. The smallest absolute Gasteiger partial charge is 0.431 e. The summed E-state index contributed by atoms with van der Waals surface area (Å²) in [5.41, 5.74) is 8.28. The van der Waals surface area contributed by atoms with E-state index in [4.69, 9.17) is 19.9 Å². The molecule has 1 aliphatic heterocycles. The van der Waals surface area contributed by atoms with Gasteiger partial charge in [0.1, 0.15) is 35.2 Å². The molecule has 3 aromatic rings. The number of nitrogens with one attached hydrogen (secondary N) is 1. The Labute approximate surface area is 296 Å². The van der Waals surface area contributed by atoms with E-state index < -0.39 is 41.8 Å². The highest BCUT2D eigenvalue weighted by Gasteiger charge is 2.34. The van der Waals surface area contributed by atoms with Crippen molar-refractivity contribution in [1.82, 2.24) is 4.98 Å². The first kappa shape index (κ1) is 41.7. The van der Waals surface area contributed by atoms with E-state index in [9.17, 15) is 38.1 Å². The summed E-state index contributed by atoms with van der Waals surface area (Å²) in [5, 5.41) is 29.6. The maximum atomic E-state index is 13.1. The molecule has 2 aliphatic rings. The zero-order valence-corrected chi connectivity index (χ0v) is 29.8. The van der Waals surface area contributed by atoms with Gasteiger partial charge in [0.2, 0.25) is 5.56 Å². The minimum absolute atomic E-state index is 0.0142. The highest BCUT2D eigenvalue weighted by molar-refractivity contribution is 5.86. The predicted molar refractivity (Wildman–Crippen MR) is 187 cm³/mol. The van der Waals surface area contributed by atoms with Crippen molar-refractivity contribution >= 4 is 5.78 Å². The molecule has 0 spiro atoms. The maximum absolute atomic E-state index is 13.1. The van der Waals surface area contributed by atoms with Crippen LogP contribution in [0.25, 0.3) is 0 Å². The van der Waals surface area contributed by atoms with Crippen LogP contribution in [0, 0.1) is 26.7 Å². The molecule has 1 saturated carbocycles. The van der Waals surface area contributed by atoms with Gasteiger partial charge >= 0.3 is 6.18 Å². The van der Waals surface area contributed by atoms with Crippen LogP contribution in [0.5, 0.6) is 17.2 Å². The van der Waals surface area contributed by atoms with Gasteiger partial charge in [-0.2, -0.15) is 13.2 Å². The summed E-state index contributed by atoms with van der Waals surface area (Å²) in [6.07, 6.45) is -2.80. The lowest BCUT2D eigenvalue weighted by atomic mass is 9.81. The number of alkyl halides is 3. The molecule has 5 rings (SSSR count). The van der Waals surface area contributed by atoms with Crippen molar-refractivity contribution in [2.24, 2.45) is 11.7 Å². The third-order valence-electron chi connectivity index (χ3n) is 8.90. The number of aliphatic hydroxyl groups is 2. The number of benzene rings is 2. The lowest BCUT2D eigenvalue weighted by molar-refractivity contribution is -0.164. The number of ether oxygens (including phenoxy) is 3. The quantitative estimate of drug-likeness (QED) is 0.177. The van der Waals surface area contributed by atoms with Crippen molar-refractivity contribution in [2.45, 2.75) is 110 Å². The average molecular weight is 721 g/mol. The van der Waals surface area contributed by atoms with Gasteiger partial charge in [-0.05, 0) is 106 Å². The van der Waals surface area contributed by atoms with Gasteiger partial charge in [0.25, 0.3) is 0 Å². The molecule has 13 heteroatoms. The molecule has 1 saturated heterocycles. The van der Waals surface area contributed by atoms with Crippen molar-refractivity contribution in [3.63, 3.8) is 0 Å². The van der Waals surface area contributed by atoms with Crippen LogP contribution in [0.1, 0.15) is 73.9 Å². The molecule has 0 bridgehead atoms. The summed E-state index contributed by atoms with van der Waals surface area (Å²) in [6, 6.07) is 11.5. The molecule has 51 heavy (non-hydrogen) atoms. The normalized spacial score (nSPS) is 22.5. The van der Waals surface area contributed by atoms with E-state index in [1.165, 1.54) is 0 Å². The molecule has 10 nitrogen and oxygen atoms in total. The van der Waals surface area contributed by atoms with Crippen molar-refractivity contribution in [3.8, 4) is 17.2 Å². The lowest BCUT2D eigenvalue weighted by Gasteiger charge is -2.34. The van der Waals surface area contributed by atoms with Crippen molar-refractivity contribution < 1.29 is 47.5 Å². The van der Waals surface area contributed by atoms with E-state index in [2.05, 4.69) is 0 Å². The van der Waals surface area contributed by atoms with E-state index in [1.54, 1.807) is 23.2 Å². The molecule has 2 aromatic carbocycles. The van der Waals surface area contributed by atoms with Crippen LogP contribution in [-0.4, -0.2) is 69.8 Å². The van der Waals surface area contributed by atoms with E-state index >= 15 is 0 Å². The van der Waals surface area contributed by atoms with E-state index in [0.717, 1.165) is 71.9 Å². The highest BCUT2D eigenvalue weighted by Crippen LogP contribution is 2.33. The first-order chi connectivity index (χ1) is 24.1. The summed E-state index contributed by atoms with van der Waals surface area (Å²) >= 11 is 0. The Balaban J connectivity index is 0.000000457. The molecular formula is C38H51F3N2O8. The summed E-state index contributed by atoms with van der Waals surface area (Å²) < 4.78 is 53.0. The first-order valence-electron chi connectivity index (χ1n) is 17.3. The second-order valence-electron chi connectivity index (χ2n) is 12.8. The third kappa shape index (κ3) is 12.2. The number of carbonyl (C=O) groups excluding carboxylic acids is 1. The van der Waals surface area contributed by atoms with Gasteiger partial charge in [0, 0.05) is 18.6 Å². The Morgan fingerprint density at radius 1 is 0.980 bits per heavy atom. The van der Waals surface area contributed by atoms with Crippen molar-refractivity contribution in [1.29, 1.82) is 0 Å². The van der Waals surface area contributed by atoms with Gasteiger partial charge in [-0.3, -0.25) is 9.59 Å². The largest absolute Gasteiger partial charge is 0.508 e. The van der Waals surface area contributed by atoms with Crippen molar-refractivity contribution in [2.75, 3.05) is 13.2 Å². The molecule has 2 fully saturated rings. The summed E-state index contributed by atoms with van der Waals surface area (Å²) in [6.45, 7) is 10.4. The van der Waals surface area contributed by atoms with Gasteiger partial charge in [-0.1, -0.05) is 32.0 Å². The summed E-state index contributed by atoms with van der Waals surface area (Å²) in [5.74, 6) is 1.66. The number of H-pyrrole nitrogens is 1. The third-order valence-corrected chi connectivity index (χ3v) is 8.90. The van der Waals surface area contributed by atoms with Crippen LogP contribution in [0.4, 0.5) is 13.2 Å². The Kier molecular flexibility index (Phi) is 15.7. The number of aromatic hydroxyl groups is 1. The van der Waals surface area contributed by atoms with Crippen LogP contribution < -0.4 is 16.0 Å². The van der Waals surface area contributed by atoms with Gasteiger partial charge in [-0.25, -0.2) is 0 Å². The van der Waals surface area contributed by atoms with Gasteiger partial charge in [0.15, 0.2) is 5.78 Å². The molecule has 1 aliphatic carbocycles. The number of hydrogen-bond donors (Lipinski definition) is 5. The molecule has 282 valence electrons. The molecule has 1 aromatic heterocycles. The van der Waals surface area contributed by atoms with E-state index in [-0.39, 0.29) is 30.2 Å². The molecule has 4 unspecified atom stereocenters. The molecule has 4 atom stereocenters. The number of phenols is 1. The van der Waals surface area contributed by atoms with Gasteiger partial charge in [-0.15, -0.1) is 0 Å². The number of hydrogen-bond acceptors (Lipinski definition) is 9. The molecular weight excluding hydrogens is 669 g/mol. The van der Waals surface area contributed by atoms with Crippen LogP contribution >= 0.6 is 0 Å². The van der Waals surface area contributed by atoms with Gasteiger partial charge < -0.3 is 40.2 Å². The minimum atomic E-state index is -4.47. The SMILES string of the molecule is CC.Cc1cc(Oc2c(C)cc(CC(N)C(=O)C3CCC(OCC4OCCC(O)C4O)CC3)cc2C)ccc1O.O=c1cccc(C(F)(F)F)[nH]1. The monoisotopic (exact) mass is 720 g/mol. The molecule has 6 N–H and O–H groups in total. The highest BCUT2D eigenvalue weighted by atomic mass is 19.4. The number of aliphatic hydroxyl groups excluding tert-OH is 2. The zero-order chi connectivity index (χ0) is 37.9. The number of halogens is 3. The number of aryl methyl sites for hydroxylation is 3. The first-order valence-corrected chi connectivity index (χ1v) is 17.3. The summed E-state index contributed by atoms with van der Waals surface area (Å²) in [7, 11) is 0. The second-order valence-corrected chi connectivity index (χ2v) is 12.8. The van der Waals surface area contributed by atoms with E-state index in [1.807, 2.05) is 46.8 Å². The molecule has 0 radical (unpaired) electrons. The number of phenolic OH excluding ortho intramolecular Hbond substituents is 1. The number of rotatable bonds is 9. The maximum Gasteiger partial charge on any atom is 0.431 e. The number of carbonyl (C=O) groups is 1. The molecule has 0 amide bonds. The molecule has 2 heterocycles. The Hall–Kier alpha value is -3.75. The lowest BCUT2D eigenvalue weighted by Crippen LogP contribution is -2.47. The summed E-state index contributed by atoms with van der Waals surface area (Å²) in [4.78, 5) is 25.2. The van der Waals surface area contributed by atoms with Crippen molar-refractivity contribution in [3.05, 3.63) is 86.8 Å². The fourth-order valence-electron chi connectivity index (χ4n) is 6.15. The Morgan fingerprint density at radius 3 is 2.20 bits per heavy atom. The van der Waals surface area contributed by atoms with E-state index in [0.29, 0.717) is 25.2 Å². The number of aromatic amines is 1. The minimum Gasteiger partial charge on any atom is -0.508 e. The number of nitrogens with two attached hydrogens (primary N) is 1. The number of ketones is 1. The standard InChI is InChI=1S/C30H41NO7.C6H4F3NO.C2H6/c1-17-14-23(8-9-25(17)32)38-30-18(2)12-20(13-19(30)3)15-24(31)28(34)21-4-6-22(7-5-21)37-16-27-29(35)26(33)10-11-36-27;7-6(8,9)4-2-1-3-5(11)10-4;1-2/h8-9,12-14,21-22,24,26-27,29,32-33,35H,4-7,10-11,15-16,31H2,1-3H3;1-3H,(H,10,11);1-2H3. The van der Waals surface area contributed by atoms with Crippen LogP contribution in [0.15, 0.2) is 53.3 Å². The Bertz CT molecular complexity index is 1600. The number of pyridine rings is 1. The zero-order valence-electron chi connectivity index (χ0n) is 29.8. The fourth-order valence-corrected chi connectivity index (χ4v) is 6.15. The number of Topliss-reactive ketones (excluding diaryl/α,β-unsaturated/α-hetero) is 1. The van der Waals surface area contributed by atoms with Gasteiger partial charge in [0.05, 0.1) is 24.9 Å². The Morgan fingerprint density at radius 2 is 1.63 bits per heavy atom. The number of aromatic nitrogens is 1. The average Bonchev–Trinajstić information content (AvgIpc) is 3.09. The van der Waals surface area contributed by atoms with Crippen LogP contribution in [0.2, 0.25) is 0 Å². The van der Waals surface area contributed by atoms with Crippen LogP contribution in [-0.2, 0) is 26.9 Å². The predicted octanol–water partition coefficient (Wildman–Crippen LogP) is 6.05. The fraction of sp³-hybridized carbons (Fsp3) is 0.526. The topological polar surface area (TPSA) is 164 Å². The van der Waals surface area contributed by atoms with Crippen LogP contribution in [0.3, 0.4) is 0 Å².